The molecular formula is C35H35ClN4O7S2. The fourth-order valence-electron chi connectivity index (χ4n) is 5.51. The largest absolute Gasteiger partial charge is 0.497 e. The standard InChI is InChI=1S/C35H35ClN4O7S2/c1-46-29-13-9-25(10-14-29)22-48(42,43)40(49(44,45)23-26-11-15-30(47-2)16-12-26)34-19-28(37-35(41)17-27-5-3-4-6-32(27)36)18-33-31(34)21-39(38-33)20-24-7-8-24/h3-6,9-16,18-19,21,24H,7-8,17,20,22-23H2,1-2H3,(H,37,41). The molecular weight excluding hydrogens is 688 g/mol. The summed E-state index contributed by atoms with van der Waals surface area (Å²) in [6, 6.07) is 22.6. The Morgan fingerprint density at radius 1 is 0.878 bits per heavy atom. The topological polar surface area (TPSA) is 137 Å². The Balaban J connectivity index is 1.46. The molecule has 0 spiro atoms. The molecule has 4 aromatic carbocycles. The summed E-state index contributed by atoms with van der Waals surface area (Å²) in [7, 11) is -6.25. The second-order valence-electron chi connectivity index (χ2n) is 11.9. The van der Waals surface area contributed by atoms with Gasteiger partial charge < -0.3 is 14.8 Å². The van der Waals surface area contributed by atoms with Crippen LogP contribution in [0.1, 0.15) is 29.5 Å². The van der Waals surface area contributed by atoms with Gasteiger partial charge in [0.25, 0.3) is 20.0 Å². The minimum Gasteiger partial charge on any atom is -0.497 e. The lowest BCUT2D eigenvalue weighted by molar-refractivity contribution is -0.115. The van der Waals surface area contributed by atoms with Gasteiger partial charge in [0.05, 0.1) is 43.4 Å². The first-order chi connectivity index (χ1) is 23.4. The van der Waals surface area contributed by atoms with Crippen molar-refractivity contribution in [2.24, 2.45) is 5.92 Å². The fourth-order valence-corrected chi connectivity index (χ4v) is 9.78. The third kappa shape index (κ3) is 8.18. The van der Waals surface area contributed by atoms with Crippen LogP contribution in [0.2, 0.25) is 5.02 Å². The number of sulfonamides is 2. The number of benzene rings is 4. The molecule has 0 bridgehead atoms. The van der Waals surface area contributed by atoms with E-state index in [1.165, 1.54) is 20.3 Å². The zero-order valence-electron chi connectivity index (χ0n) is 26.9. The molecule has 49 heavy (non-hydrogen) atoms. The molecule has 1 amide bonds. The molecule has 1 saturated carbocycles. The van der Waals surface area contributed by atoms with Crippen molar-refractivity contribution in [3.8, 4) is 11.5 Å². The molecule has 0 aliphatic heterocycles. The van der Waals surface area contributed by atoms with E-state index >= 15 is 0 Å². The lowest BCUT2D eigenvalue weighted by Crippen LogP contribution is -2.38. The fraction of sp³-hybridized carbons (Fsp3) is 0.257. The number of ether oxygens (including phenoxy) is 2. The highest BCUT2D eigenvalue weighted by Crippen LogP contribution is 2.37. The molecule has 14 heteroatoms. The normalized spacial score (nSPS) is 13.3. The molecule has 256 valence electrons. The lowest BCUT2D eigenvalue weighted by Gasteiger charge is -2.25. The van der Waals surface area contributed by atoms with Crippen molar-refractivity contribution >= 4 is 59.8 Å². The van der Waals surface area contributed by atoms with Crippen molar-refractivity contribution in [2.45, 2.75) is 37.3 Å². The summed E-state index contributed by atoms with van der Waals surface area (Å²) in [5.41, 5.74) is 1.68. The maximum absolute atomic E-state index is 14.4. The smallest absolute Gasteiger partial charge is 0.252 e. The van der Waals surface area contributed by atoms with Gasteiger partial charge in [0.15, 0.2) is 0 Å². The van der Waals surface area contributed by atoms with E-state index in [4.69, 9.17) is 21.1 Å². The monoisotopic (exact) mass is 722 g/mol. The minimum atomic E-state index is -4.62. The van der Waals surface area contributed by atoms with Crippen LogP contribution in [-0.4, -0.2) is 46.7 Å². The van der Waals surface area contributed by atoms with E-state index < -0.39 is 37.5 Å². The zero-order valence-corrected chi connectivity index (χ0v) is 29.3. The van der Waals surface area contributed by atoms with Crippen molar-refractivity contribution in [1.82, 2.24) is 9.78 Å². The molecule has 0 atom stereocenters. The van der Waals surface area contributed by atoms with Gasteiger partial charge in [-0.15, -0.1) is 0 Å². The molecule has 1 heterocycles. The van der Waals surface area contributed by atoms with Crippen LogP contribution in [0.25, 0.3) is 10.9 Å². The Morgan fingerprint density at radius 2 is 1.45 bits per heavy atom. The van der Waals surface area contributed by atoms with E-state index in [0.29, 0.717) is 60.3 Å². The maximum Gasteiger partial charge on any atom is 0.252 e. The number of hydrogen-bond acceptors (Lipinski definition) is 8. The number of halogens is 1. The van der Waals surface area contributed by atoms with Gasteiger partial charge in [-0.1, -0.05) is 54.1 Å². The highest BCUT2D eigenvalue weighted by Gasteiger charge is 2.37. The lowest BCUT2D eigenvalue weighted by atomic mass is 10.1. The minimum absolute atomic E-state index is 0.0571. The third-order valence-electron chi connectivity index (χ3n) is 8.10. The Labute approximate surface area is 290 Å². The number of carbonyl (C=O) groups excluding carboxylic acids is 1. The number of hydrogen-bond donors (Lipinski definition) is 1. The average molecular weight is 723 g/mol. The van der Waals surface area contributed by atoms with Crippen molar-refractivity contribution in [2.75, 3.05) is 23.2 Å². The summed E-state index contributed by atoms with van der Waals surface area (Å²) in [6.45, 7) is 0.597. The predicted molar refractivity (Wildman–Crippen MR) is 190 cm³/mol. The van der Waals surface area contributed by atoms with Gasteiger partial charge in [-0.3, -0.25) is 9.48 Å². The SMILES string of the molecule is COc1ccc(CS(=O)(=O)N(c2cc(NC(=O)Cc3ccccc3Cl)cc3nn(CC4CC4)cc23)S(=O)(=O)Cc2ccc(OC)cc2)cc1. The number of nitrogens with one attached hydrogen (secondary N) is 1. The number of methoxy groups -OCH3 is 2. The average Bonchev–Trinajstić information content (AvgIpc) is 3.78. The van der Waals surface area contributed by atoms with Crippen molar-refractivity contribution in [3.63, 3.8) is 0 Å². The van der Waals surface area contributed by atoms with Crippen molar-refractivity contribution in [1.29, 1.82) is 0 Å². The van der Waals surface area contributed by atoms with E-state index in [-0.39, 0.29) is 17.8 Å². The quantitative estimate of drug-likeness (QED) is 0.144. The molecule has 0 saturated heterocycles. The number of amides is 1. The van der Waals surface area contributed by atoms with Gasteiger partial charge in [0.2, 0.25) is 5.91 Å². The molecule has 1 aliphatic carbocycles. The third-order valence-corrected chi connectivity index (χ3v) is 12.6. The van der Waals surface area contributed by atoms with Gasteiger partial charge in [-0.05, 0) is 77.9 Å². The highest BCUT2D eigenvalue weighted by atomic mass is 35.5. The Morgan fingerprint density at radius 3 is 1.98 bits per heavy atom. The van der Waals surface area contributed by atoms with Crippen LogP contribution in [0.5, 0.6) is 11.5 Å². The summed E-state index contributed by atoms with van der Waals surface area (Å²) >= 11 is 6.29. The first kappa shape index (κ1) is 34.3. The van der Waals surface area contributed by atoms with E-state index in [1.807, 2.05) is 0 Å². The van der Waals surface area contributed by atoms with Crippen LogP contribution in [0.15, 0.2) is 91.1 Å². The summed E-state index contributed by atoms with van der Waals surface area (Å²) in [5, 5.41) is 8.21. The molecule has 5 aromatic rings. The van der Waals surface area contributed by atoms with Crippen LogP contribution >= 0.6 is 11.6 Å². The molecule has 1 N–H and O–H groups in total. The Bertz CT molecular complexity index is 2120. The number of rotatable bonds is 14. The number of carbonyl (C=O) groups is 1. The van der Waals surface area contributed by atoms with Gasteiger partial charge in [-0.2, -0.15) is 8.81 Å². The molecule has 6 rings (SSSR count). The zero-order chi connectivity index (χ0) is 34.8. The van der Waals surface area contributed by atoms with Crippen LogP contribution in [0, 0.1) is 5.92 Å². The van der Waals surface area contributed by atoms with Crippen molar-refractivity contribution in [3.05, 3.63) is 113 Å². The number of nitrogens with zero attached hydrogens (tertiary/aromatic N) is 3. The van der Waals surface area contributed by atoms with E-state index in [9.17, 15) is 21.6 Å². The number of aromatic nitrogens is 2. The summed E-state index contributed by atoms with van der Waals surface area (Å²) in [5.74, 6) is -0.199. The molecule has 0 radical (unpaired) electrons. The van der Waals surface area contributed by atoms with Crippen LogP contribution in [-0.2, 0) is 49.3 Å². The molecule has 1 aromatic heterocycles. The second kappa shape index (κ2) is 14.1. The van der Waals surface area contributed by atoms with Gasteiger partial charge in [-0.25, -0.2) is 16.8 Å². The predicted octanol–water partition coefficient (Wildman–Crippen LogP) is 6.16. The van der Waals surface area contributed by atoms with Crippen LogP contribution in [0.3, 0.4) is 0 Å². The summed E-state index contributed by atoms with van der Waals surface area (Å²) in [4.78, 5) is 13.2. The van der Waals surface area contributed by atoms with Gasteiger partial charge in [0, 0.05) is 28.8 Å². The summed E-state index contributed by atoms with van der Waals surface area (Å²) in [6.07, 6.45) is 3.70. The molecule has 1 aliphatic rings. The maximum atomic E-state index is 14.4. The van der Waals surface area contributed by atoms with Gasteiger partial charge in [0.1, 0.15) is 11.5 Å². The summed E-state index contributed by atoms with van der Waals surface area (Å²) < 4.78 is 70.2. The Kier molecular flexibility index (Phi) is 9.87. The second-order valence-corrected chi connectivity index (χ2v) is 16.2. The molecule has 11 nitrogen and oxygen atoms in total. The highest BCUT2D eigenvalue weighted by molar-refractivity contribution is 8.09. The number of fused-ring (bicyclic) bond motifs is 1. The van der Waals surface area contributed by atoms with Crippen molar-refractivity contribution < 1.29 is 31.1 Å². The van der Waals surface area contributed by atoms with E-state index in [0.717, 1.165) is 12.8 Å². The number of anilines is 2. The first-order valence-electron chi connectivity index (χ1n) is 15.5. The molecule has 0 unspecified atom stereocenters. The Hall–Kier alpha value is -4.59. The van der Waals surface area contributed by atoms with Crippen LogP contribution < -0.4 is 18.5 Å². The van der Waals surface area contributed by atoms with E-state index in [2.05, 4.69) is 10.4 Å². The van der Waals surface area contributed by atoms with E-state index in [1.54, 1.807) is 89.7 Å². The van der Waals surface area contributed by atoms with Gasteiger partial charge >= 0.3 is 0 Å². The van der Waals surface area contributed by atoms with Crippen LogP contribution in [0.4, 0.5) is 11.4 Å². The molecule has 1 fully saturated rings. The first-order valence-corrected chi connectivity index (χ1v) is 19.1.